The first-order valence-corrected chi connectivity index (χ1v) is 15.8. The lowest BCUT2D eigenvalue weighted by Gasteiger charge is -2.13. The van der Waals surface area contributed by atoms with Gasteiger partial charge in [0.2, 0.25) is 0 Å². The Morgan fingerprint density at radius 2 is 0.604 bits per heavy atom. The fourth-order valence-corrected chi connectivity index (χ4v) is 7.80. The Kier molecular flexibility index (Phi) is 5.53. The summed E-state index contributed by atoms with van der Waals surface area (Å²) >= 11 is 0. The van der Waals surface area contributed by atoms with E-state index < -0.39 is 0 Å². The van der Waals surface area contributed by atoms with Crippen LogP contribution in [0.5, 0.6) is 0 Å². The molecule has 10 rings (SSSR count). The van der Waals surface area contributed by atoms with Gasteiger partial charge in [0.1, 0.15) is 17.5 Å². The summed E-state index contributed by atoms with van der Waals surface area (Å²) in [6.07, 6.45) is 0. The SMILES string of the molecule is Fc1cccc(-n2c3ccccc3c3c2c2c4ccccc4n(-c4cccc(F)c4)c2c2c4ccccc4n(-c4cccc(F)c4)c32)c1. The van der Waals surface area contributed by atoms with E-state index in [1.54, 1.807) is 36.4 Å². The van der Waals surface area contributed by atoms with Crippen LogP contribution in [-0.2, 0) is 0 Å². The van der Waals surface area contributed by atoms with Crippen LogP contribution in [0.3, 0.4) is 0 Å². The molecule has 0 saturated carbocycles. The molecule has 3 heterocycles. The molecule has 228 valence electrons. The molecule has 48 heavy (non-hydrogen) atoms. The minimum absolute atomic E-state index is 0.341. The predicted octanol–water partition coefficient (Wildman–Crippen LogP) is 11.4. The predicted molar refractivity (Wildman–Crippen MR) is 189 cm³/mol. The second-order valence-corrected chi connectivity index (χ2v) is 12.2. The number of hydrogen-bond acceptors (Lipinski definition) is 0. The summed E-state index contributed by atoms with van der Waals surface area (Å²) in [5.74, 6) is -1.02. The third-order valence-corrected chi connectivity index (χ3v) is 9.53. The van der Waals surface area contributed by atoms with Gasteiger partial charge in [-0.05, 0) is 72.8 Å². The zero-order valence-electron chi connectivity index (χ0n) is 25.3. The average molecular weight is 628 g/mol. The highest BCUT2D eigenvalue weighted by Crippen LogP contribution is 2.50. The minimum Gasteiger partial charge on any atom is -0.308 e. The minimum atomic E-state index is -0.341. The summed E-state index contributed by atoms with van der Waals surface area (Å²) < 4.78 is 51.4. The second-order valence-electron chi connectivity index (χ2n) is 12.2. The van der Waals surface area contributed by atoms with Crippen LogP contribution in [0.25, 0.3) is 82.5 Å². The summed E-state index contributed by atoms with van der Waals surface area (Å²) in [5, 5.41) is 5.81. The van der Waals surface area contributed by atoms with Gasteiger partial charge < -0.3 is 13.7 Å². The molecular weight excluding hydrogens is 603 g/mol. The van der Waals surface area contributed by atoms with E-state index in [0.717, 1.165) is 65.4 Å². The third kappa shape index (κ3) is 3.60. The maximum atomic E-state index is 15.0. The summed E-state index contributed by atoms with van der Waals surface area (Å²) in [6.45, 7) is 0. The Hall–Kier alpha value is -6.27. The molecule has 0 radical (unpaired) electrons. The number of nitrogens with zero attached hydrogens (tertiary/aromatic N) is 3. The highest BCUT2D eigenvalue weighted by Gasteiger charge is 2.28. The number of benzene rings is 7. The second kappa shape index (κ2) is 9.86. The molecule has 0 N–H and O–H groups in total. The van der Waals surface area contributed by atoms with Gasteiger partial charge in [-0.2, -0.15) is 0 Å². The quantitative estimate of drug-likeness (QED) is 0.185. The van der Waals surface area contributed by atoms with Crippen molar-refractivity contribution in [3.05, 3.63) is 163 Å². The van der Waals surface area contributed by atoms with Gasteiger partial charge in [-0.1, -0.05) is 72.8 Å². The van der Waals surface area contributed by atoms with Crippen LogP contribution in [0, 0.1) is 17.5 Å². The van der Waals surface area contributed by atoms with E-state index in [9.17, 15) is 0 Å². The molecule has 0 unspecified atom stereocenters. The van der Waals surface area contributed by atoms with Crippen molar-refractivity contribution in [2.45, 2.75) is 0 Å². The lowest BCUT2D eigenvalue weighted by molar-refractivity contribution is 0.626. The van der Waals surface area contributed by atoms with E-state index in [0.29, 0.717) is 17.1 Å². The molecule has 7 aromatic carbocycles. The number of aromatic nitrogens is 3. The standard InChI is InChI=1S/C42H24F3N3/c43-25-10-7-13-28(22-25)46-34-19-4-1-16-31(34)37-40(46)38-33-18-3-6-21-36(33)48(30-15-9-12-27(45)24-30)42(38)39-32-17-2-5-20-35(32)47(41(37)39)29-14-8-11-26(44)23-29/h1-24H. The van der Waals surface area contributed by atoms with Gasteiger partial charge in [-0.25, -0.2) is 13.2 Å². The monoisotopic (exact) mass is 627 g/mol. The maximum Gasteiger partial charge on any atom is 0.125 e. The molecule has 0 aliphatic carbocycles. The van der Waals surface area contributed by atoms with Crippen molar-refractivity contribution in [3.8, 4) is 17.1 Å². The molecule has 0 saturated heterocycles. The van der Waals surface area contributed by atoms with Gasteiger partial charge in [0.25, 0.3) is 0 Å². The van der Waals surface area contributed by atoms with Crippen molar-refractivity contribution in [2.24, 2.45) is 0 Å². The van der Waals surface area contributed by atoms with Gasteiger partial charge in [-0.15, -0.1) is 0 Å². The molecule has 0 aliphatic heterocycles. The lowest BCUT2D eigenvalue weighted by Crippen LogP contribution is -1.98. The van der Waals surface area contributed by atoms with Crippen molar-refractivity contribution in [3.63, 3.8) is 0 Å². The van der Waals surface area contributed by atoms with E-state index in [-0.39, 0.29) is 17.5 Å². The smallest absolute Gasteiger partial charge is 0.125 e. The Balaban J connectivity index is 1.61. The van der Waals surface area contributed by atoms with Crippen LogP contribution in [0.1, 0.15) is 0 Å². The van der Waals surface area contributed by atoms with E-state index in [1.807, 2.05) is 54.6 Å². The molecule has 10 aromatic rings. The van der Waals surface area contributed by atoms with Gasteiger partial charge in [0.05, 0.1) is 33.1 Å². The van der Waals surface area contributed by atoms with Gasteiger partial charge >= 0.3 is 0 Å². The van der Waals surface area contributed by atoms with E-state index in [2.05, 4.69) is 50.1 Å². The molecular formula is C42H24F3N3. The Morgan fingerprint density at radius 1 is 0.312 bits per heavy atom. The number of rotatable bonds is 3. The molecule has 3 nitrogen and oxygen atoms in total. The van der Waals surface area contributed by atoms with Crippen molar-refractivity contribution in [2.75, 3.05) is 0 Å². The number of halogens is 3. The van der Waals surface area contributed by atoms with Gasteiger partial charge in [-0.3, -0.25) is 0 Å². The molecule has 0 aliphatic rings. The Bertz CT molecular complexity index is 2600. The number of para-hydroxylation sites is 3. The van der Waals surface area contributed by atoms with Crippen molar-refractivity contribution >= 4 is 65.4 Å². The first-order chi connectivity index (χ1) is 23.6. The first-order valence-electron chi connectivity index (χ1n) is 15.8. The average Bonchev–Trinajstić information content (AvgIpc) is 3.74. The first kappa shape index (κ1) is 26.9. The zero-order valence-corrected chi connectivity index (χ0v) is 25.3. The van der Waals surface area contributed by atoms with Gasteiger partial charge in [0, 0.05) is 49.4 Å². The largest absolute Gasteiger partial charge is 0.308 e. The van der Waals surface area contributed by atoms with Crippen LogP contribution < -0.4 is 0 Å². The van der Waals surface area contributed by atoms with Crippen molar-refractivity contribution < 1.29 is 13.2 Å². The molecule has 0 bridgehead atoms. The van der Waals surface area contributed by atoms with Crippen molar-refractivity contribution in [1.29, 1.82) is 0 Å². The molecule has 0 atom stereocenters. The maximum absolute atomic E-state index is 15.0. The normalized spacial score (nSPS) is 12.1. The highest BCUT2D eigenvalue weighted by atomic mass is 19.1. The lowest BCUT2D eigenvalue weighted by atomic mass is 10.0. The van der Waals surface area contributed by atoms with Gasteiger partial charge in [0.15, 0.2) is 0 Å². The molecule has 0 fully saturated rings. The van der Waals surface area contributed by atoms with Crippen LogP contribution in [0.4, 0.5) is 13.2 Å². The molecule has 0 spiro atoms. The molecule has 0 amide bonds. The number of fused-ring (bicyclic) bond motifs is 12. The molecule has 3 aromatic heterocycles. The topological polar surface area (TPSA) is 14.8 Å². The van der Waals surface area contributed by atoms with Crippen LogP contribution >= 0.6 is 0 Å². The van der Waals surface area contributed by atoms with E-state index >= 15 is 13.2 Å². The van der Waals surface area contributed by atoms with Crippen molar-refractivity contribution in [1.82, 2.24) is 13.7 Å². The molecule has 6 heteroatoms. The Labute approximate surface area is 271 Å². The third-order valence-electron chi connectivity index (χ3n) is 9.53. The number of hydrogen-bond donors (Lipinski definition) is 0. The fraction of sp³-hybridized carbons (Fsp3) is 0. The summed E-state index contributed by atoms with van der Waals surface area (Å²) in [5.41, 5.74) is 7.42. The highest BCUT2D eigenvalue weighted by molar-refractivity contribution is 6.40. The van der Waals surface area contributed by atoms with Crippen LogP contribution in [0.15, 0.2) is 146 Å². The summed E-state index contributed by atoms with van der Waals surface area (Å²) in [4.78, 5) is 0. The van der Waals surface area contributed by atoms with E-state index in [4.69, 9.17) is 0 Å². The fourth-order valence-electron chi connectivity index (χ4n) is 7.80. The van der Waals surface area contributed by atoms with Crippen LogP contribution in [0.2, 0.25) is 0 Å². The zero-order chi connectivity index (χ0) is 32.1. The van der Waals surface area contributed by atoms with Crippen LogP contribution in [-0.4, -0.2) is 13.7 Å². The summed E-state index contributed by atoms with van der Waals surface area (Å²) in [6, 6.07) is 44.4. The summed E-state index contributed by atoms with van der Waals surface area (Å²) in [7, 11) is 0. The van der Waals surface area contributed by atoms with E-state index in [1.165, 1.54) is 18.2 Å². The Morgan fingerprint density at radius 3 is 0.896 bits per heavy atom.